The molecule has 3 amide bonds. The smallest absolute Gasteiger partial charge is 0.321 e. The van der Waals surface area contributed by atoms with E-state index in [-0.39, 0.29) is 18.4 Å². The largest absolute Gasteiger partial charge is 0.494 e. The van der Waals surface area contributed by atoms with Crippen LogP contribution in [-0.4, -0.2) is 41.5 Å². The Balaban J connectivity index is 1.28. The Morgan fingerprint density at radius 3 is 2.24 bits per heavy atom. The maximum absolute atomic E-state index is 12.5. The molecule has 8 heteroatoms. The molecular formula is C26H30N4O3S. The normalized spacial score (nSPS) is 13.7. The highest BCUT2D eigenvalue weighted by Crippen LogP contribution is 2.26. The second kappa shape index (κ2) is 11.7. The zero-order valence-electron chi connectivity index (χ0n) is 19.4. The number of thiazole rings is 1. The SMILES string of the molecule is CCOc1ccc(-c2nc(CC(=O)Nc3ccc(NC(=O)N4CCCCCC4)cc3)cs2)cc1. The van der Waals surface area contributed by atoms with E-state index in [9.17, 15) is 9.59 Å². The van der Waals surface area contributed by atoms with Crippen molar-refractivity contribution in [2.24, 2.45) is 0 Å². The highest BCUT2D eigenvalue weighted by molar-refractivity contribution is 7.13. The summed E-state index contributed by atoms with van der Waals surface area (Å²) < 4.78 is 5.48. The summed E-state index contributed by atoms with van der Waals surface area (Å²) in [4.78, 5) is 31.4. The van der Waals surface area contributed by atoms with Crippen molar-refractivity contribution in [3.8, 4) is 16.3 Å². The van der Waals surface area contributed by atoms with Crippen molar-refractivity contribution in [2.75, 3.05) is 30.3 Å². The highest BCUT2D eigenvalue weighted by atomic mass is 32.1. The minimum Gasteiger partial charge on any atom is -0.494 e. The van der Waals surface area contributed by atoms with Gasteiger partial charge < -0.3 is 20.3 Å². The Morgan fingerprint density at radius 2 is 1.59 bits per heavy atom. The molecular weight excluding hydrogens is 448 g/mol. The molecule has 0 atom stereocenters. The molecule has 0 spiro atoms. The van der Waals surface area contributed by atoms with Crippen molar-refractivity contribution in [1.29, 1.82) is 0 Å². The Bertz CT molecular complexity index is 1090. The van der Waals surface area contributed by atoms with Crippen LogP contribution in [0.1, 0.15) is 38.3 Å². The zero-order valence-corrected chi connectivity index (χ0v) is 20.2. The Labute approximate surface area is 204 Å². The summed E-state index contributed by atoms with van der Waals surface area (Å²) in [5, 5.41) is 8.63. The first-order chi connectivity index (χ1) is 16.6. The number of rotatable bonds is 7. The quantitative estimate of drug-likeness (QED) is 0.450. The number of ether oxygens (including phenoxy) is 1. The molecule has 1 fully saturated rings. The van der Waals surface area contributed by atoms with E-state index >= 15 is 0 Å². The van der Waals surface area contributed by atoms with Gasteiger partial charge >= 0.3 is 6.03 Å². The first-order valence-corrected chi connectivity index (χ1v) is 12.6. The topological polar surface area (TPSA) is 83.6 Å². The van der Waals surface area contributed by atoms with E-state index in [1.165, 1.54) is 24.2 Å². The van der Waals surface area contributed by atoms with Gasteiger partial charge in [0.25, 0.3) is 0 Å². The first-order valence-electron chi connectivity index (χ1n) is 11.7. The van der Waals surface area contributed by atoms with Gasteiger partial charge in [-0.2, -0.15) is 0 Å². The number of anilines is 2. The van der Waals surface area contributed by atoms with Gasteiger partial charge in [-0.25, -0.2) is 9.78 Å². The molecule has 0 saturated carbocycles. The van der Waals surface area contributed by atoms with Gasteiger partial charge in [0.15, 0.2) is 0 Å². The summed E-state index contributed by atoms with van der Waals surface area (Å²) in [7, 11) is 0. The third-order valence-corrected chi connectivity index (χ3v) is 6.56. The van der Waals surface area contributed by atoms with Gasteiger partial charge in [-0.3, -0.25) is 4.79 Å². The van der Waals surface area contributed by atoms with Gasteiger partial charge in [0, 0.05) is 35.4 Å². The standard InChI is InChI=1S/C26H30N4O3S/c1-2-33-23-13-7-19(8-14-23)25-28-22(18-34-25)17-24(31)27-20-9-11-21(12-10-20)29-26(32)30-15-5-3-4-6-16-30/h7-14,18H,2-6,15-17H2,1H3,(H,27,31)(H,29,32). The summed E-state index contributed by atoms with van der Waals surface area (Å²) in [5.74, 6) is 0.694. The summed E-state index contributed by atoms with van der Waals surface area (Å²) in [6, 6.07) is 14.9. The molecule has 0 aliphatic carbocycles. The number of nitrogens with one attached hydrogen (secondary N) is 2. The third-order valence-electron chi connectivity index (χ3n) is 5.62. The van der Waals surface area contributed by atoms with Crippen LogP contribution in [0.3, 0.4) is 0 Å². The van der Waals surface area contributed by atoms with Crippen molar-refractivity contribution in [2.45, 2.75) is 39.0 Å². The molecule has 0 unspecified atom stereocenters. The molecule has 1 aliphatic rings. The number of aromatic nitrogens is 1. The van der Waals surface area contributed by atoms with E-state index < -0.39 is 0 Å². The van der Waals surface area contributed by atoms with Crippen LogP contribution in [0.4, 0.5) is 16.2 Å². The number of likely N-dealkylation sites (tertiary alicyclic amines) is 1. The van der Waals surface area contributed by atoms with E-state index in [0.717, 1.165) is 47.9 Å². The fourth-order valence-corrected chi connectivity index (χ4v) is 4.69. The minimum atomic E-state index is -0.134. The van der Waals surface area contributed by atoms with Crippen molar-refractivity contribution >= 4 is 34.6 Å². The minimum absolute atomic E-state index is 0.0643. The van der Waals surface area contributed by atoms with Crippen molar-refractivity contribution in [1.82, 2.24) is 9.88 Å². The van der Waals surface area contributed by atoms with Crippen molar-refractivity contribution < 1.29 is 14.3 Å². The van der Waals surface area contributed by atoms with Gasteiger partial charge in [-0.1, -0.05) is 12.8 Å². The predicted molar refractivity (Wildman–Crippen MR) is 137 cm³/mol. The van der Waals surface area contributed by atoms with E-state index in [4.69, 9.17) is 4.74 Å². The predicted octanol–water partition coefficient (Wildman–Crippen LogP) is 5.80. The fraction of sp³-hybridized carbons (Fsp3) is 0.346. The summed E-state index contributed by atoms with van der Waals surface area (Å²) in [6.45, 7) is 4.19. The van der Waals surface area contributed by atoms with Crippen LogP contribution in [0, 0.1) is 0 Å². The number of benzene rings is 2. The van der Waals surface area contributed by atoms with E-state index in [0.29, 0.717) is 18.0 Å². The van der Waals surface area contributed by atoms with Crippen LogP contribution < -0.4 is 15.4 Å². The lowest BCUT2D eigenvalue weighted by molar-refractivity contribution is -0.115. The third kappa shape index (κ3) is 6.57. The van der Waals surface area contributed by atoms with E-state index in [1.807, 2.05) is 41.5 Å². The lowest BCUT2D eigenvalue weighted by Crippen LogP contribution is -2.35. The van der Waals surface area contributed by atoms with Crippen molar-refractivity contribution in [3.05, 3.63) is 59.6 Å². The van der Waals surface area contributed by atoms with Crippen LogP contribution in [0.15, 0.2) is 53.9 Å². The van der Waals surface area contributed by atoms with Crippen LogP contribution in [0.2, 0.25) is 0 Å². The second-order valence-electron chi connectivity index (χ2n) is 8.24. The van der Waals surface area contributed by atoms with E-state index in [1.54, 1.807) is 24.3 Å². The number of amides is 3. The number of nitrogens with zero attached hydrogens (tertiary/aromatic N) is 2. The number of carbonyl (C=O) groups excluding carboxylic acids is 2. The molecule has 0 radical (unpaired) electrons. The Morgan fingerprint density at radius 1 is 0.941 bits per heavy atom. The molecule has 1 saturated heterocycles. The molecule has 4 rings (SSSR count). The average molecular weight is 479 g/mol. The summed E-state index contributed by atoms with van der Waals surface area (Å²) in [6.07, 6.45) is 4.67. The average Bonchev–Trinajstić information content (AvgIpc) is 3.12. The number of carbonyl (C=O) groups is 2. The number of hydrogen-bond acceptors (Lipinski definition) is 5. The van der Waals surface area contributed by atoms with Crippen LogP contribution in [0.25, 0.3) is 10.6 Å². The first kappa shape index (κ1) is 23.8. The molecule has 0 bridgehead atoms. The van der Waals surface area contributed by atoms with E-state index in [2.05, 4.69) is 15.6 Å². The van der Waals surface area contributed by atoms with Crippen LogP contribution in [-0.2, 0) is 11.2 Å². The van der Waals surface area contributed by atoms with Gasteiger partial charge in [-0.05, 0) is 68.3 Å². The lowest BCUT2D eigenvalue weighted by Gasteiger charge is -2.20. The van der Waals surface area contributed by atoms with Crippen LogP contribution >= 0.6 is 11.3 Å². The Hall–Kier alpha value is -3.39. The molecule has 7 nitrogen and oxygen atoms in total. The molecule has 3 aromatic rings. The molecule has 1 aromatic heterocycles. The van der Waals surface area contributed by atoms with Crippen LogP contribution in [0.5, 0.6) is 5.75 Å². The second-order valence-corrected chi connectivity index (χ2v) is 9.09. The van der Waals surface area contributed by atoms with Gasteiger partial charge in [0.05, 0.1) is 18.7 Å². The maximum atomic E-state index is 12.5. The molecule has 2 heterocycles. The maximum Gasteiger partial charge on any atom is 0.321 e. The summed E-state index contributed by atoms with van der Waals surface area (Å²) >= 11 is 1.51. The fourth-order valence-electron chi connectivity index (χ4n) is 3.86. The molecule has 178 valence electrons. The number of urea groups is 1. The number of hydrogen-bond donors (Lipinski definition) is 2. The summed E-state index contributed by atoms with van der Waals surface area (Å²) in [5.41, 5.74) is 3.12. The van der Waals surface area contributed by atoms with Gasteiger partial charge in [0.1, 0.15) is 10.8 Å². The van der Waals surface area contributed by atoms with Gasteiger partial charge in [0.2, 0.25) is 5.91 Å². The van der Waals surface area contributed by atoms with Crippen molar-refractivity contribution in [3.63, 3.8) is 0 Å². The Kier molecular flexibility index (Phi) is 8.14. The lowest BCUT2D eigenvalue weighted by atomic mass is 10.2. The van der Waals surface area contributed by atoms with Gasteiger partial charge in [-0.15, -0.1) is 11.3 Å². The zero-order chi connectivity index (χ0) is 23.8. The monoisotopic (exact) mass is 478 g/mol. The molecule has 2 N–H and O–H groups in total. The molecule has 1 aliphatic heterocycles. The molecule has 2 aromatic carbocycles. The molecule has 34 heavy (non-hydrogen) atoms. The highest BCUT2D eigenvalue weighted by Gasteiger charge is 2.15.